The van der Waals surface area contributed by atoms with Gasteiger partial charge in [0.1, 0.15) is 0 Å². The molecule has 6 nitrogen and oxygen atoms in total. The summed E-state index contributed by atoms with van der Waals surface area (Å²) >= 11 is 0. The molecule has 1 saturated heterocycles. The van der Waals surface area contributed by atoms with E-state index in [2.05, 4.69) is 10.6 Å². The minimum Gasteiger partial charge on any atom is -0.382 e. The third-order valence-corrected chi connectivity index (χ3v) is 2.46. The molecule has 1 aliphatic rings. The van der Waals surface area contributed by atoms with E-state index in [1.807, 2.05) is 0 Å². The van der Waals surface area contributed by atoms with E-state index < -0.39 is 0 Å². The van der Waals surface area contributed by atoms with Gasteiger partial charge in [0.15, 0.2) is 0 Å². The van der Waals surface area contributed by atoms with Gasteiger partial charge in [-0.05, 0) is 0 Å². The van der Waals surface area contributed by atoms with Crippen LogP contribution in [0.25, 0.3) is 0 Å². The topological polar surface area (TPSA) is 68.8 Å². The number of carbonyl (C=O) groups excluding carboxylic acids is 1. The summed E-state index contributed by atoms with van der Waals surface area (Å²) < 4.78 is 15.5. The number of hydrogen-bond acceptors (Lipinski definition) is 5. The predicted molar refractivity (Wildman–Crippen MR) is 62.9 cm³/mol. The van der Waals surface area contributed by atoms with Crippen LogP contribution in [0.3, 0.4) is 0 Å². The van der Waals surface area contributed by atoms with E-state index >= 15 is 0 Å². The van der Waals surface area contributed by atoms with Crippen LogP contribution in [0.5, 0.6) is 0 Å². The molecule has 0 bridgehead atoms. The van der Waals surface area contributed by atoms with Gasteiger partial charge in [0.05, 0.1) is 33.0 Å². The van der Waals surface area contributed by atoms with Gasteiger partial charge in [-0.1, -0.05) is 0 Å². The fourth-order valence-corrected chi connectivity index (χ4v) is 1.55. The van der Waals surface area contributed by atoms with E-state index in [9.17, 15) is 4.79 Å². The Balaban J connectivity index is 1.77. The van der Waals surface area contributed by atoms with Crippen molar-refractivity contribution in [3.05, 3.63) is 0 Å². The monoisotopic (exact) mass is 246 g/mol. The first kappa shape index (κ1) is 14.4. The van der Waals surface area contributed by atoms with Crippen LogP contribution < -0.4 is 10.6 Å². The van der Waals surface area contributed by atoms with E-state index in [-0.39, 0.29) is 11.9 Å². The number of hydrogen-bond donors (Lipinski definition) is 2. The number of amides is 1. The number of ether oxygens (including phenoxy) is 3. The molecule has 0 aromatic rings. The van der Waals surface area contributed by atoms with E-state index in [1.54, 1.807) is 7.11 Å². The van der Waals surface area contributed by atoms with Crippen LogP contribution in [-0.2, 0) is 19.0 Å². The lowest BCUT2D eigenvalue weighted by Crippen LogP contribution is -2.33. The van der Waals surface area contributed by atoms with E-state index in [4.69, 9.17) is 14.2 Å². The maximum Gasteiger partial charge on any atom is 0.221 e. The average Bonchev–Trinajstić information content (AvgIpc) is 2.73. The van der Waals surface area contributed by atoms with Crippen molar-refractivity contribution in [1.82, 2.24) is 10.6 Å². The Bertz CT molecular complexity index is 214. The fraction of sp³-hybridized carbons (Fsp3) is 0.909. The van der Waals surface area contributed by atoms with E-state index in [0.717, 1.165) is 13.1 Å². The van der Waals surface area contributed by atoms with Gasteiger partial charge in [-0.15, -0.1) is 0 Å². The fourth-order valence-electron chi connectivity index (χ4n) is 1.55. The predicted octanol–water partition coefficient (Wildman–Crippen LogP) is -0.856. The molecule has 1 unspecified atom stereocenters. The first-order valence-electron chi connectivity index (χ1n) is 5.97. The van der Waals surface area contributed by atoms with Crippen molar-refractivity contribution in [3.8, 4) is 0 Å². The second kappa shape index (κ2) is 9.35. The minimum absolute atomic E-state index is 0.120. The smallest absolute Gasteiger partial charge is 0.221 e. The highest BCUT2D eigenvalue weighted by Gasteiger charge is 2.19. The molecule has 6 heteroatoms. The zero-order valence-corrected chi connectivity index (χ0v) is 10.4. The van der Waals surface area contributed by atoms with Crippen LogP contribution in [0.15, 0.2) is 0 Å². The summed E-state index contributed by atoms with van der Waals surface area (Å²) in [6.45, 7) is 4.52. The molecular weight excluding hydrogens is 224 g/mol. The van der Waals surface area contributed by atoms with Gasteiger partial charge in [0.25, 0.3) is 0 Å². The highest BCUT2D eigenvalue weighted by atomic mass is 16.5. The van der Waals surface area contributed by atoms with Crippen LogP contribution in [0, 0.1) is 0 Å². The molecule has 17 heavy (non-hydrogen) atoms. The Morgan fingerprint density at radius 1 is 1.24 bits per heavy atom. The molecule has 0 aromatic heterocycles. The van der Waals surface area contributed by atoms with Gasteiger partial charge < -0.3 is 24.8 Å². The largest absolute Gasteiger partial charge is 0.382 e. The SMILES string of the molecule is COCCOCCOCCNC1CNC(=O)C1. The van der Waals surface area contributed by atoms with Crippen molar-refractivity contribution in [2.24, 2.45) is 0 Å². The Hall–Kier alpha value is -0.690. The van der Waals surface area contributed by atoms with Crippen molar-refractivity contribution in [2.45, 2.75) is 12.5 Å². The van der Waals surface area contributed by atoms with Crippen LogP contribution in [0.2, 0.25) is 0 Å². The highest BCUT2D eigenvalue weighted by Crippen LogP contribution is 1.97. The van der Waals surface area contributed by atoms with Crippen molar-refractivity contribution in [3.63, 3.8) is 0 Å². The van der Waals surface area contributed by atoms with Crippen molar-refractivity contribution >= 4 is 5.91 Å². The second-order valence-corrected chi connectivity index (χ2v) is 3.88. The Labute approximate surface area is 102 Å². The van der Waals surface area contributed by atoms with Gasteiger partial charge in [0, 0.05) is 32.7 Å². The van der Waals surface area contributed by atoms with E-state index in [0.29, 0.717) is 39.5 Å². The van der Waals surface area contributed by atoms with Crippen molar-refractivity contribution in [2.75, 3.05) is 53.2 Å². The molecule has 0 radical (unpaired) electrons. The second-order valence-electron chi connectivity index (χ2n) is 3.88. The highest BCUT2D eigenvalue weighted by molar-refractivity contribution is 5.78. The molecule has 0 spiro atoms. The lowest BCUT2D eigenvalue weighted by Gasteiger charge is -2.10. The number of rotatable bonds is 10. The summed E-state index contributed by atoms with van der Waals surface area (Å²) in [7, 11) is 1.65. The summed E-state index contributed by atoms with van der Waals surface area (Å²) in [5, 5.41) is 6.03. The van der Waals surface area contributed by atoms with Gasteiger partial charge >= 0.3 is 0 Å². The summed E-state index contributed by atoms with van der Waals surface area (Å²) in [5.74, 6) is 0.120. The molecule has 1 amide bonds. The molecule has 0 aliphatic carbocycles. The summed E-state index contributed by atoms with van der Waals surface area (Å²) in [6.07, 6.45) is 0.570. The molecule has 2 N–H and O–H groups in total. The Morgan fingerprint density at radius 2 is 1.94 bits per heavy atom. The first-order chi connectivity index (χ1) is 8.33. The first-order valence-corrected chi connectivity index (χ1v) is 5.97. The number of methoxy groups -OCH3 is 1. The van der Waals surface area contributed by atoms with Gasteiger partial charge in [-0.2, -0.15) is 0 Å². The van der Waals surface area contributed by atoms with Gasteiger partial charge in [-0.3, -0.25) is 4.79 Å². The minimum atomic E-state index is 0.120. The molecule has 1 atom stereocenters. The maximum absolute atomic E-state index is 10.9. The zero-order valence-electron chi connectivity index (χ0n) is 10.4. The van der Waals surface area contributed by atoms with Crippen molar-refractivity contribution in [1.29, 1.82) is 0 Å². The number of carbonyl (C=O) groups is 1. The third kappa shape index (κ3) is 7.27. The van der Waals surface area contributed by atoms with Gasteiger partial charge in [-0.25, -0.2) is 0 Å². The number of nitrogens with one attached hydrogen (secondary N) is 2. The zero-order chi connectivity index (χ0) is 12.3. The summed E-state index contributed by atoms with van der Waals surface area (Å²) in [4.78, 5) is 10.9. The molecule has 1 rings (SSSR count). The third-order valence-electron chi connectivity index (χ3n) is 2.46. The molecular formula is C11H22N2O4. The normalized spacial score (nSPS) is 19.6. The Morgan fingerprint density at radius 3 is 2.59 bits per heavy atom. The summed E-state index contributed by atoms with van der Waals surface area (Å²) in [5.41, 5.74) is 0. The molecule has 0 saturated carbocycles. The van der Waals surface area contributed by atoms with E-state index in [1.165, 1.54) is 0 Å². The molecule has 1 aliphatic heterocycles. The van der Waals surface area contributed by atoms with Crippen LogP contribution in [-0.4, -0.2) is 65.2 Å². The average molecular weight is 246 g/mol. The maximum atomic E-state index is 10.9. The van der Waals surface area contributed by atoms with Crippen molar-refractivity contribution < 1.29 is 19.0 Å². The molecule has 1 heterocycles. The standard InChI is InChI=1S/C11H22N2O4/c1-15-4-5-17-7-6-16-3-2-12-10-8-11(14)13-9-10/h10,12H,2-9H2,1H3,(H,13,14). The molecule has 1 fully saturated rings. The van der Waals surface area contributed by atoms with Gasteiger partial charge in [0.2, 0.25) is 5.91 Å². The van der Waals surface area contributed by atoms with Crippen LogP contribution in [0.1, 0.15) is 6.42 Å². The molecule has 0 aromatic carbocycles. The quantitative estimate of drug-likeness (QED) is 0.491. The van der Waals surface area contributed by atoms with Crippen LogP contribution in [0.4, 0.5) is 0 Å². The lowest BCUT2D eigenvalue weighted by molar-refractivity contribution is -0.119. The molecule has 100 valence electrons. The summed E-state index contributed by atoms with van der Waals surface area (Å²) in [6, 6.07) is 0.254. The van der Waals surface area contributed by atoms with Crippen LogP contribution >= 0.6 is 0 Å². The Kier molecular flexibility index (Phi) is 7.91. The lowest BCUT2D eigenvalue weighted by atomic mass is 10.2.